The SMILES string of the molecule is CCCc1cc(O)c([C@@H]2C=C(C)CC[C@H]2C)c(O)c1C(=O)OC. The number of hydrogen-bond acceptors (Lipinski definition) is 4. The first kappa shape index (κ1) is 17.4. The topological polar surface area (TPSA) is 66.8 Å². The molecule has 2 atom stereocenters. The molecule has 1 aromatic carbocycles. The third kappa shape index (κ3) is 3.36. The Morgan fingerprint density at radius 3 is 2.70 bits per heavy atom. The highest BCUT2D eigenvalue weighted by Gasteiger charge is 2.30. The Morgan fingerprint density at radius 1 is 1.39 bits per heavy atom. The van der Waals surface area contributed by atoms with E-state index < -0.39 is 5.97 Å². The van der Waals surface area contributed by atoms with Gasteiger partial charge in [0.25, 0.3) is 0 Å². The van der Waals surface area contributed by atoms with Gasteiger partial charge in [0.1, 0.15) is 17.1 Å². The Bertz CT molecular complexity index is 631. The fourth-order valence-electron chi connectivity index (χ4n) is 3.40. The van der Waals surface area contributed by atoms with Gasteiger partial charge in [-0.05, 0) is 43.7 Å². The van der Waals surface area contributed by atoms with Gasteiger partial charge in [-0.3, -0.25) is 0 Å². The number of benzene rings is 1. The van der Waals surface area contributed by atoms with Gasteiger partial charge in [0.2, 0.25) is 0 Å². The molecule has 0 saturated heterocycles. The molecule has 0 aliphatic heterocycles. The van der Waals surface area contributed by atoms with E-state index in [9.17, 15) is 15.0 Å². The number of aromatic hydroxyl groups is 2. The zero-order chi connectivity index (χ0) is 17.1. The fourth-order valence-corrected chi connectivity index (χ4v) is 3.40. The summed E-state index contributed by atoms with van der Waals surface area (Å²) in [5.74, 6) is -0.443. The first-order chi connectivity index (χ1) is 10.9. The van der Waals surface area contributed by atoms with E-state index in [0.717, 1.165) is 19.3 Å². The Hall–Kier alpha value is -1.97. The van der Waals surface area contributed by atoms with Crippen molar-refractivity contribution in [1.82, 2.24) is 0 Å². The van der Waals surface area contributed by atoms with E-state index in [1.807, 2.05) is 6.92 Å². The fraction of sp³-hybridized carbons (Fsp3) is 0.526. The van der Waals surface area contributed by atoms with Crippen LogP contribution in [-0.4, -0.2) is 23.3 Å². The van der Waals surface area contributed by atoms with Crippen molar-refractivity contribution < 1.29 is 19.7 Å². The second kappa shape index (κ2) is 7.07. The second-order valence-corrected chi connectivity index (χ2v) is 6.49. The molecular formula is C19H26O4. The van der Waals surface area contributed by atoms with Crippen LogP contribution in [0.2, 0.25) is 0 Å². The van der Waals surface area contributed by atoms with Gasteiger partial charge in [0.15, 0.2) is 0 Å². The van der Waals surface area contributed by atoms with E-state index >= 15 is 0 Å². The molecule has 23 heavy (non-hydrogen) atoms. The van der Waals surface area contributed by atoms with Gasteiger partial charge >= 0.3 is 5.97 Å². The van der Waals surface area contributed by atoms with Crippen LogP contribution in [0.3, 0.4) is 0 Å². The van der Waals surface area contributed by atoms with Crippen LogP contribution < -0.4 is 0 Å². The lowest BCUT2D eigenvalue weighted by Gasteiger charge is -2.29. The standard InChI is InChI=1S/C19H26O4/c1-5-6-13-10-15(20)17(18(21)16(13)19(22)23-4)14-9-11(2)7-8-12(14)3/h9-10,12,14,20-21H,5-8H2,1-4H3/t12-,14-/m1/s1. The van der Waals surface area contributed by atoms with Crippen molar-refractivity contribution in [2.24, 2.45) is 5.92 Å². The van der Waals surface area contributed by atoms with Gasteiger partial charge in [-0.2, -0.15) is 0 Å². The number of phenolic OH excluding ortho intramolecular Hbond substituents is 2. The van der Waals surface area contributed by atoms with Crippen LogP contribution in [0.25, 0.3) is 0 Å². The van der Waals surface area contributed by atoms with E-state index in [0.29, 0.717) is 17.5 Å². The maximum atomic E-state index is 12.1. The predicted molar refractivity (Wildman–Crippen MR) is 90.0 cm³/mol. The second-order valence-electron chi connectivity index (χ2n) is 6.49. The van der Waals surface area contributed by atoms with Crippen LogP contribution in [0.4, 0.5) is 0 Å². The average molecular weight is 318 g/mol. The van der Waals surface area contributed by atoms with Crippen LogP contribution in [0.1, 0.15) is 67.4 Å². The summed E-state index contributed by atoms with van der Waals surface area (Å²) in [5.41, 5.74) is 2.49. The quantitative estimate of drug-likeness (QED) is 0.642. The van der Waals surface area contributed by atoms with Crippen LogP contribution in [0.15, 0.2) is 17.7 Å². The number of allylic oxidation sites excluding steroid dienone is 2. The largest absolute Gasteiger partial charge is 0.507 e. The molecule has 0 aromatic heterocycles. The summed E-state index contributed by atoms with van der Waals surface area (Å²) in [5, 5.41) is 21.2. The number of phenols is 2. The van der Waals surface area contributed by atoms with E-state index in [1.54, 1.807) is 6.07 Å². The Kier molecular flexibility index (Phi) is 5.34. The highest BCUT2D eigenvalue weighted by Crippen LogP contribution is 2.46. The molecular weight excluding hydrogens is 292 g/mol. The normalized spacial score (nSPS) is 21.0. The maximum absolute atomic E-state index is 12.1. The van der Waals surface area contributed by atoms with Gasteiger partial charge in [-0.1, -0.05) is 31.9 Å². The van der Waals surface area contributed by atoms with Gasteiger partial charge < -0.3 is 14.9 Å². The lowest BCUT2D eigenvalue weighted by Crippen LogP contribution is -2.15. The molecule has 1 aromatic rings. The van der Waals surface area contributed by atoms with E-state index in [-0.39, 0.29) is 28.9 Å². The minimum Gasteiger partial charge on any atom is -0.507 e. The minimum absolute atomic E-state index is 0.0569. The number of carbonyl (C=O) groups is 1. The summed E-state index contributed by atoms with van der Waals surface area (Å²) >= 11 is 0. The lowest BCUT2D eigenvalue weighted by molar-refractivity contribution is 0.0595. The zero-order valence-electron chi connectivity index (χ0n) is 14.3. The van der Waals surface area contributed by atoms with Gasteiger partial charge in [-0.25, -0.2) is 4.79 Å². The highest BCUT2D eigenvalue weighted by atomic mass is 16.5. The van der Waals surface area contributed by atoms with Crippen LogP contribution in [0.5, 0.6) is 11.5 Å². The molecule has 0 amide bonds. The lowest BCUT2D eigenvalue weighted by atomic mass is 9.76. The van der Waals surface area contributed by atoms with Crippen molar-refractivity contribution in [3.63, 3.8) is 0 Å². The Morgan fingerprint density at radius 2 is 2.09 bits per heavy atom. The van der Waals surface area contributed by atoms with Crippen molar-refractivity contribution in [3.8, 4) is 11.5 Å². The minimum atomic E-state index is -0.559. The van der Waals surface area contributed by atoms with Crippen molar-refractivity contribution >= 4 is 5.97 Å². The zero-order valence-corrected chi connectivity index (χ0v) is 14.3. The first-order valence-electron chi connectivity index (χ1n) is 8.23. The number of aryl methyl sites for hydroxylation is 1. The van der Waals surface area contributed by atoms with Crippen molar-refractivity contribution in [3.05, 3.63) is 34.4 Å². The summed E-state index contributed by atoms with van der Waals surface area (Å²) in [7, 11) is 1.30. The molecule has 0 spiro atoms. The van der Waals surface area contributed by atoms with Gasteiger partial charge in [0.05, 0.1) is 7.11 Å². The number of ether oxygens (including phenoxy) is 1. The summed E-state index contributed by atoms with van der Waals surface area (Å²) < 4.78 is 4.84. The maximum Gasteiger partial charge on any atom is 0.341 e. The third-order valence-corrected chi connectivity index (χ3v) is 4.71. The molecule has 4 nitrogen and oxygen atoms in total. The molecule has 0 unspecified atom stereocenters. The molecule has 2 rings (SSSR count). The van der Waals surface area contributed by atoms with Crippen molar-refractivity contribution in [1.29, 1.82) is 0 Å². The van der Waals surface area contributed by atoms with Crippen molar-refractivity contribution in [2.75, 3.05) is 7.11 Å². The number of hydrogen-bond donors (Lipinski definition) is 2. The molecule has 0 heterocycles. The summed E-state index contributed by atoms with van der Waals surface area (Å²) in [6, 6.07) is 1.61. The molecule has 0 radical (unpaired) electrons. The summed E-state index contributed by atoms with van der Waals surface area (Å²) in [6.07, 6.45) is 5.51. The average Bonchev–Trinajstić information content (AvgIpc) is 2.50. The van der Waals surface area contributed by atoms with Crippen LogP contribution in [0, 0.1) is 5.92 Å². The molecule has 0 bridgehead atoms. The number of esters is 1. The van der Waals surface area contributed by atoms with Crippen LogP contribution in [-0.2, 0) is 11.2 Å². The summed E-state index contributed by atoms with van der Waals surface area (Å²) in [4.78, 5) is 12.1. The molecule has 0 fully saturated rings. The number of methoxy groups -OCH3 is 1. The highest BCUT2D eigenvalue weighted by molar-refractivity contribution is 5.95. The molecule has 2 N–H and O–H groups in total. The monoisotopic (exact) mass is 318 g/mol. The molecule has 1 aliphatic rings. The molecule has 4 heteroatoms. The smallest absolute Gasteiger partial charge is 0.341 e. The predicted octanol–water partition coefficient (Wildman–Crippen LogP) is 4.30. The summed E-state index contributed by atoms with van der Waals surface area (Å²) in [6.45, 7) is 6.14. The van der Waals surface area contributed by atoms with Crippen molar-refractivity contribution in [2.45, 2.75) is 52.4 Å². The molecule has 1 aliphatic carbocycles. The van der Waals surface area contributed by atoms with Gasteiger partial charge in [-0.15, -0.1) is 0 Å². The van der Waals surface area contributed by atoms with E-state index in [2.05, 4.69) is 19.9 Å². The van der Waals surface area contributed by atoms with Crippen LogP contribution >= 0.6 is 0 Å². The molecule has 0 saturated carbocycles. The number of carbonyl (C=O) groups excluding carboxylic acids is 1. The third-order valence-electron chi connectivity index (χ3n) is 4.71. The Labute approximate surface area is 137 Å². The van der Waals surface area contributed by atoms with E-state index in [4.69, 9.17) is 4.74 Å². The van der Waals surface area contributed by atoms with Gasteiger partial charge in [0, 0.05) is 11.5 Å². The Balaban J connectivity index is 2.65. The number of rotatable bonds is 4. The van der Waals surface area contributed by atoms with E-state index in [1.165, 1.54) is 12.7 Å². The first-order valence-corrected chi connectivity index (χ1v) is 8.23. The molecule has 126 valence electrons.